The standard InChI is InChI=1S/C18H19N7O2/c1-25-8-12(6-7-13(25)26)22-17(27)11-4-2-10(3-5-11)14-15-16(21-9-20-15)24-18(19)23-14/h2-5,9,12H,6-8H2,1H3,(H,22,27)(H3,19,20,21,23,24). The van der Waals surface area contributed by atoms with Gasteiger partial charge in [0, 0.05) is 37.2 Å². The molecule has 0 bridgehead atoms. The Bertz CT molecular complexity index is 1010. The van der Waals surface area contributed by atoms with E-state index < -0.39 is 0 Å². The Morgan fingerprint density at radius 3 is 2.81 bits per heavy atom. The fraction of sp³-hybridized carbons (Fsp3) is 0.278. The van der Waals surface area contributed by atoms with Gasteiger partial charge in [-0.05, 0) is 18.6 Å². The maximum Gasteiger partial charge on any atom is 0.251 e. The lowest BCUT2D eigenvalue weighted by atomic mass is 10.0. The lowest BCUT2D eigenvalue weighted by Gasteiger charge is -2.30. The van der Waals surface area contributed by atoms with Crippen molar-refractivity contribution in [2.75, 3.05) is 19.3 Å². The van der Waals surface area contributed by atoms with E-state index in [9.17, 15) is 9.59 Å². The Kier molecular flexibility index (Phi) is 4.19. The minimum absolute atomic E-state index is 0.0360. The number of carbonyl (C=O) groups is 2. The van der Waals surface area contributed by atoms with E-state index in [4.69, 9.17) is 5.73 Å². The summed E-state index contributed by atoms with van der Waals surface area (Å²) < 4.78 is 0. The molecule has 9 heteroatoms. The minimum Gasteiger partial charge on any atom is -0.368 e. The molecule has 0 radical (unpaired) electrons. The lowest BCUT2D eigenvalue weighted by Crippen LogP contribution is -2.48. The van der Waals surface area contributed by atoms with Gasteiger partial charge in [0.25, 0.3) is 5.91 Å². The minimum atomic E-state index is -0.164. The van der Waals surface area contributed by atoms with Crippen LogP contribution >= 0.6 is 0 Å². The van der Waals surface area contributed by atoms with Crippen molar-refractivity contribution >= 4 is 28.9 Å². The molecule has 3 heterocycles. The van der Waals surface area contributed by atoms with E-state index in [1.807, 2.05) is 12.1 Å². The van der Waals surface area contributed by atoms with Crippen molar-refractivity contribution in [3.63, 3.8) is 0 Å². The molecule has 4 rings (SSSR count). The third-order valence-corrected chi connectivity index (χ3v) is 4.69. The largest absolute Gasteiger partial charge is 0.368 e. The molecule has 9 nitrogen and oxygen atoms in total. The number of aromatic amines is 1. The molecule has 2 aromatic heterocycles. The highest BCUT2D eigenvalue weighted by Gasteiger charge is 2.24. The molecule has 1 fully saturated rings. The Hall–Kier alpha value is -3.49. The monoisotopic (exact) mass is 365 g/mol. The number of fused-ring (bicyclic) bond motifs is 1. The Morgan fingerprint density at radius 1 is 1.30 bits per heavy atom. The van der Waals surface area contributed by atoms with E-state index >= 15 is 0 Å². The number of benzene rings is 1. The number of likely N-dealkylation sites (tertiary alicyclic amines) is 1. The summed E-state index contributed by atoms with van der Waals surface area (Å²) in [7, 11) is 1.75. The van der Waals surface area contributed by atoms with Gasteiger partial charge in [0.05, 0.1) is 6.33 Å². The molecule has 1 atom stereocenters. The lowest BCUT2D eigenvalue weighted by molar-refractivity contribution is -0.132. The number of hydrogen-bond donors (Lipinski definition) is 3. The van der Waals surface area contributed by atoms with Crippen LogP contribution in [0, 0.1) is 0 Å². The zero-order chi connectivity index (χ0) is 19.0. The van der Waals surface area contributed by atoms with Gasteiger partial charge in [0.1, 0.15) is 11.2 Å². The van der Waals surface area contributed by atoms with Gasteiger partial charge in [-0.25, -0.2) is 9.97 Å². The quantitative estimate of drug-likeness (QED) is 0.634. The van der Waals surface area contributed by atoms with Crippen molar-refractivity contribution in [2.24, 2.45) is 0 Å². The second-order valence-corrected chi connectivity index (χ2v) is 6.59. The summed E-state index contributed by atoms with van der Waals surface area (Å²) in [6.07, 6.45) is 2.65. The van der Waals surface area contributed by atoms with Gasteiger partial charge in [0.15, 0.2) is 5.65 Å². The maximum atomic E-state index is 12.5. The van der Waals surface area contributed by atoms with Crippen molar-refractivity contribution in [2.45, 2.75) is 18.9 Å². The van der Waals surface area contributed by atoms with E-state index in [0.29, 0.717) is 41.8 Å². The van der Waals surface area contributed by atoms with Crippen LogP contribution in [-0.2, 0) is 4.79 Å². The zero-order valence-corrected chi connectivity index (χ0v) is 14.8. The molecule has 0 aliphatic carbocycles. The summed E-state index contributed by atoms with van der Waals surface area (Å²) in [5.41, 5.74) is 8.92. The first-order chi connectivity index (χ1) is 13.0. The second kappa shape index (κ2) is 6.67. The van der Waals surface area contributed by atoms with Gasteiger partial charge in [-0.2, -0.15) is 4.98 Å². The molecule has 138 valence electrons. The second-order valence-electron chi connectivity index (χ2n) is 6.59. The van der Waals surface area contributed by atoms with Crippen molar-refractivity contribution < 1.29 is 9.59 Å². The summed E-state index contributed by atoms with van der Waals surface area (Å²) in [5.74, 6) is 0.0877. The molecule has 4 N–H and O–H groups in total. The van der Waals surface area contributed by atoms with Crippen LogP contribution in [-0.4, -0.2) is 56.3 Å². The number of aromatic nitrogens is 4. The van der Waals surface area contributed by atoms with Crippen LogP contribution in [0.1, 0.15) is 23.2 Å². The summed E-state index contributed by atoms with van der Waals surface area (Å²) in [5, 5.41) is 2.99. The summed E-state index contributed by atoms with van der Waals surface area (Å²) in [6.45, 7) is 0.528. The van der Waals surface area contributed by atoms with E-state index in [-0.39, 0.29) is 23.8 Å². The fourth-order valence-electron chi connectivity index (χ4n) is 3.24. The molecule has 2 amide bonds. The molecule has 1 unspecified atom stereocenters. The average molecular weight is 365 g/mol. The molecule has 3 aromatic rings. The highest BCUT2D eigenvalue weighted by Crippen LogP contribution is 2.25. The van der Waals surface area contributed by atoms with Crippen LogP contribution in [0.3, 0.4) is 0 Å². The smallest absolute Gasteiger partial charge is 0.251 e. The zero-order valence-electron chi connectivity index (χ0n) is 14.8. The van der Waals surface area contributed by atoms with Crippen LogP contribution in [0.15, 0.2) is 30.6 Å². The summed E-state index contributed by atoms with van der Waals surface area (Å²) in [6, 6.07) is 7.07. The molecule has 27 heavy (non-hydrogen) atoms. The number of nitrogens with two attached hydrogens (primary N) is 1. The van der Waals surface area contributed by atoms with Crippen LogP contribution in [0.4, 0.5) is 5.95 Å². The molecule has 0 saturated carbocycles. The first-order valence-corrected chi connectivity index (χ1v) is 8.63. The van der Waals surface area contributed by atoms with Gasteiger partial charge in [-0.3, -0.25) is 9.59 Å². The first-order valence-electron chi connectivity index (χ1n) is 8.63. The molecule has 1 saturated heterocycles. The highest BCUT2D eigenvalue weighted by atomic mass is 16.2. The number of nitrogen functional groups attached to an aromatic ring is 1. The van der Waals surface area contributed by atoms with E-state index in [2.05, 4.69) is 25.3 Å². The Morgan fingerprint density at radius 2 is 2.07 bits per heavy atom. The molecule has 0 spiro atoms. The average Bonchev–Trinajstić information content (AvgIpc) is 3.12. The van der Waals surface area contributed by atoms with Crippen molar-refractivity contribution in [1.29, 1.82) is 0 Å². The molecule has 1 aliphatic rings. The normalized spacial score (nSPS) is 17.3. The number of imidazole rings is 1. The Labute approximate surface area is 155 Å². The number of piperidine rings is 1. The van der Waals surface area contributed by atoms with Gasteiger partial charge in [0.2, 0.25) is 11.9 Å². The number of anilines is 1. The molecular weight excluding hydrogens is 346 g/mol. The number of hydrogen-bond acceptors (Lipinski definition) is 6. The van der Waals surface area contributed by atoms with Crippen LogP contribution in [0.25, 0.3) is 22.4 Å². The number of nitrogens with one attached hydrogen (secondary N) is 2. The van der Waals surface area contributed by atoms with Gasteiger partial charge in [-0.15, -0.1) is 0 Å². The van der Waals surface area contributed by atoms with E-state index in [0.717, 1.165) is 5.56 Å². The van der Waals surface area contributed by atoms with Gasteiger partial charge in [-0.1, -0.05) is 12.1 Å². The SMILES string of the molecule is CN1CC(NC(=O)c2ccc(-c3nc(N)nc4nc[nH]c34)cc2)CCC1=O. The topological polar surface area (TPSA) is 130 Å². The molecule has 1 aromatic carbocycles. The number of H-pyrrole nitrogens is 1. The number of nitrogens with zero attached hydrogens (tertiary/aromatic N) is 4. The van der Waals surface area contributed by atoms with Gasteiger partial charge < -0.3 is 20.9 Å². The van der Waals surface area contributed by atoms with E-state index in [1.54, 1.807) is 24.1 Å². The number of rotatable bonds is 3. The molecular formula is C18H19N7O2. The van der Waals surface area contributed by atoms with Crippen molar-refractivity contribution in [1.82, 2.24) is 30.2 Å². The van der Waals surface area contributed by atoms with Crippen LogP contribution in [0.5, 0.6) is 0 Å². The van der Waals surface area contributed by atoms with Crippen molar-refractivity contribution in [3.05, 3.63) is 36.2 Å². The van der Waals surface area contributed by atoms with Crippen molar-refractivity contribution in [3.8, 4) is 11.3 Å². The predicted molar refractivity (Wildman–Crippen MR) is 99.7 cm³/mol. The van der Waals surface area contributed by atoms with Crippen LogP contribution < -0.4 is 11.1 Å². The number of amides is 2. The number of likely N-dealkylation sites (N-methyl/N-ethyl adjacent to an activating group) is 1. The van der Waals surface area contributed by atoms with Gasteiger partial charge >= 0.3 is 0 Å². The summed E-state index contributed by atoms with van der Waals surface area (Å²) >= 11 is 0. The van der Waals surface area contributed by atoms with Crippen LogP contribution in [0.2, 0.25) is 0 Å². The maximum absolute atomic E-state index is 12.5. The molecule has 1 aliphatic heterocycles. The first kappa shape index (κ1) is 17.0. The fourth-order valence-corrected chi connectivity index (χ4v) is 3.24. The van der Waals surface area contributed by atoms with E-state index in [1.165, 1.54) is 6.33 Å². The number of carbonyl (C=O) groups excluding carboxylic acids is 2. The Balaban J connectivity index is 1.52. The summed E-state index contributed by atoms with van der Waals surface area (Å²) in [4.78, 5) is 41.2. The highest BCUT2D eigenvalue weighted by molar-refractivity contribution is 5.95. The third kappa shape index (κ3) is 3.31. The third-order valence-electron chi connectivity index (χ3n) is 4.69. The predicted octanol–water partition coefficient (Wildman–Crippen LogP) is 0.953.